The molecule has 0 N–H and O–H groups in total. The molecule has 0 aliphatic rings. The molecule has 1 aromatic carbocycles. The molecule has 0 bridgehead atoms. The summed E-state index contributed by atoms with van der Waals surface area (Å²) < 4.78 is 5.71. The van der Waals surface area contributed by atoms with E-state index in [1.165, 1.54) is 6.92 Å². The highest BCUT2D eigenvalue weighted by atomic mass is 127. The maximum atomic E-state index is 11.3. The average molecular weight is 304 g/mol. The van der Waals surface area contributed by atoms with Gasteiger partial charge in [0.1, 0.15) is 6.61 Å². The molecule has 0 aromatic heterocycles. The Morgan fingerprint density at radius 3 is 2.71 bits per heavy atom. The van der Waals surface area contributed by atoms with Crippen molar-refractivity contribution in [2.75, 3.05) is 6.61 Å². The van der Waals surface area contributed by atoms with E-state index in [4.69, 9.17) is 4.74 Å². The summed E-state index contributed by atoms with van der Waals surface area (Å²) in [7, 11) is 0. The van der Waals surface area contributed by atoms with Crippen molar-refractivity contribution in [2.24, 2.45) is 0 Å². The zero-order valence-corrected chi connectivity index (χ0v) is 9.78. The van der Waals surface area contributed by atoms with Crippen LogP contribution in [0.4, 0.5) is 0 Å². The van der Waals surface area contributed by atoms with E-state index in [-0.39, 0.29) is 12.4 Å². The molecule has 0 amide bonds. The molecule has 0 aliphatic heterocycles. The number of rotatable bonds is 3. The van der Waals surface area contributed by atoms with Gasteiger partial charge in [0.25, 0.3) is 0 Å². The molecule has 1 rings (SSSR count). The van der Waals surface area contributed by atoms with Gasteiger partial charge in [-0.1, -0.05) is 6.07 Å². The molecule has 0 fully saturated rings. The molecule has 0 atom stereocenters. The van der Waals surface area contributed by atoms with Gasteiger partial charge in [-0.3, -0.25) is 4.79 Å². The quantitative estimate of drug-likeness (QED) is 0.634. The van der Waals surface area contributed by atoms with Crippen LogP contribution in [0.1, 0.15) is 17.3 Å². The van der Waals surface area contributed by atoms with Crippen molar-refractivity contribution >= 4 is 34.3 Å². The maximum absolute atomic E-state index is 11.3. The van der Waals surface area contributed by atoms with Gasteiger partial charge in [-0.15, -0.1) is 0 Å². The molecule has 3 nitrogen and oxygen atoms in total. The van der Waals surface area contributed by atoms with Crippen molar-refractivity contribution in [3.05, 3.63) is 33.4 Å². The Hall–Kier alpha value is -0.910. The minimum atomic E-state index is -0.460. The number of esters is 1. The Balaban J connectivity index is 2.65. The van der Waals surface area contributed by atoms with Crippen molar-refractivity contribution in [2.45, 2.75) is 6.92 Å². The molecular formula is C10H9IO3. The second kappa shape index (κ2) is 5.09. The van der Waals surface area contributed by atoms with Crippen LogP contribution in [0.25, 0.3) is 0 Å². The summed E-state index contributed by atoms with van der Waals surface area (Å²) >= 11 is 2.11. The van der Waals surface area contributed by atoms with Crippen LogP contribution in [0.15, 0.2) is 24.3 Å². The van der Waals surface area contributed by atoms with E-state index in [9.17, 15) is 9.59 Å². The van der Waals surface area contributed by atoms with Crippen LogP contribution in [0.2, 0.25) is 0 Å². The largest absolute Gasteiger partial charge is 0.454 e. The lowest BCUT2D eigenvalue weighted by Gasteiger charge is -2.02. The Morgan fingerprint density at radius 1 is 1.43 bits per heavy atom. The van der Waals surface area contributed by atoms with Crippen LogP contribution < -0.4 is 0 Å². The number of ketones is 1. The van der Waals surface area contributed by atoms with E-state index in [2.05, 4.69) is 22.6 Å². The van der Waals surface area contributed by atoms with Crippen LogP contribution in [0, 0.1) is 3.57 Å². The predicted molar refractivity (Wildman–Crippen MR) is 60.1 cm³/mol. The molecular weight excluding hydrogens is 295 g/mol. The van der Waals surface area contributed by atoms with Crippen molar-refractivity contribution in [3.63, 3.8) is 0 Å². The fourth-order valence-electron chi connectivity index (χ4n) is 0.866. The summed E-state index contributed by atoms with van der Waals surface area (Å²) in [5.41, 5.74) is 0.471. The minimum absolute atomic E-state index is 0.162. The van der Waals surface area contributed by atoms with Gasteiger partial charge in [0, 0.05) is 3.57 Å². The lowest BCUT2D eigenvalue weighted by Crippen LogP contribution is -2.11. The number of benzene rings is 1. The Bertz CT molecular complexity index is 360. The van der Waals surface area contributed by atoms with Crippen molar-refractivity contribution < 1.29 is 14.3 Å². The van der Waals surface area contributed by atoms with E-state index in [1.807, 2.05) is 6.07 Å². The van der Waals surface area contributed by atoms with Gasteiger partial charge in [0.15, 0.2) is 5.78 Å². The number of ether oxygens (including phenoxy) is 1. The van der Waals surface area contributed by atoms with Gasteiger partial charge in [0.05, 0.1) is 5.56 Å². The van der Waals surface area contributed by atoms with E-state index >= 15 is 0 Å². The van der Waals surface area contributed by atoms with E-state index in [0.717, 1.165) is 3.57 Å². The molecule has 4 heteroatoms. The molecule has 0 radical (unpaired) electrons. The fourth-order valence-corrected chi connectivity index (χ4v) is 1.41. The standard InChI is InChI=1S/C10H9IO3/c1-7(12)6-14-10(13)8-3-2-4-9(11)5-8/h2-5H,6H2,1H3. The van der Waals surface area contributed by atoms with Gasteiger partial charge < -0.3 is 4.74 Å². The first-order valence-electron chi connectivity index (χ1n) is 4.01. The maximum Gasteiger partial charge on any atom is 0.338 e. The van der Waals surface area contributed by atoms with Gasteiger partial charge in [0.2, 0.25) is 0 Å². The van der Waals surface area contributed by atoms with Gasteiger partial charge in [-0.25, -0.2) is 4.79 Å². The van der Waals surface area contributed by atoms with E-state index < -0.39 is 5.97 Å². The summed E-state index contributed by atoms with van der Waals surface area (Å²) in [6.45, 7) is 1.21. The third-order valence-corrected chi connectivity index (χ3v) is 2.14. The number of carbonyl (C=O) groups is 2. The summed E-state index contributed by atoms with van der Waals surface area (Å²) in [6, 6.07) is 7.02. The monoisotopic (exact) mass is 304 g/mol. The summed E-state index contributed by atoms with van der Waals surface area (Å²) in [5, 5.41) is 0. The van der Waals surface area contributed by atoms with Crippen LogP contribution >= 0.6 is 22.6 Å². The molecule has 0 heterocycles. The molecule has 0 spiro atoms. The highest BCUT2D eigenvalue weighted by Gasteiger charge is 2.07. The van der Waals surface area contributed by atoms with Crippen LogP contribution in [-0.4, -0.2) is 18.4 Å². The van der Waals surface area contributed by atoms with Crippen LogP contribution in [-0.2, 0) is 9.53 Å². The Kier molecular flexibility index (Phi) is 4.06. The summed E-state index contributed by atoms with van der Waals surface area (Å²) in [6.07, 6.45) is 0. The number of hydrogen-bond acceptors (Lipinski definition) is 3. The van der Waals surface area contributed by atoms with Crippen LogP contribution in [0.5, 0.6) is 0 Å². The Morgan fingerprint density at radius 2 is 2.14 bits per heavy atom. The molecule has 74 valence electrons. The molecule has 1 aromatic rings. The SMILES string of the molecule is CC(=O)COC(=O)c1cccc(I)c1. The normalized spacial score (nSPS) is 9.57. The molecule has 0 unspecified atom stereocenters. The van der Waals surface area contributed by atoms with Crippen molar-refractivity contribution in [1.82, 2.24) is 0 Å². The second-order valence-corrected chi connectivity index (χ2v) is 4.03. The van der Waals surface area contributed by atoms with Gasteiger partial charge in [-0.05, 0) is 47.7 Å². The van der Waals surface area contributed by atoms with Crippen molar-refractivity contribution in [1.29, 1.82) is 0 Å². The predicted octanol–water partition coefficient (Wildman–Crippen LogP) is 2.04. The molecule has 0 aliphatic carbocycles. The Labute approximate surface area is 95.6 Å². The second-order valence-electron chi connectivity index (χ2n) is 2.79. The topological polar surface area (TPSA) is 43.4 Å². The number of Topliss-reactive ketones (excluding diaryl/α,β-unsaturated/α-hetero) is 1. The molecule has 14 heavy (non-hydrogen) atoms. The van der Waals surface area contributed by atoms with Gasteiger partial charge in [-0.2, -0.15) is 0 Å². The third kappa shape index (κ3) is 3.45. The smallest absolute Gasteiger partial charge is 0.338 e. The summed E-state index contributed by atoms with van der Waals surface area (Å²) in [4.78, 5) is 21.9. The first-order valence-corrected chi connectivity index (χ1v) is 5.09. The van der Waals surface area contributed by atoms with Gasteiger partial charge >= 0.3 is 5.97 Å². The molecule has 0 saturated heterocycles. The molecule has 0 saturated carbocycles. The first-order chi connectivity index (χ1) is 6.59. The van der Waals surface area contributed by atoms with E-state index in [1.54, 1.807) is 18.2 Å². The summed E-state index contributed by atoms with van der Waals surface area (Å²) in [5.74, 6) is -0.623. The minimum Gasteiger partial charge on any atom is -0.454 e. The average Bonchev–Trinajstić information content (AvgIpc) is 2.14. The zero-order valence-electron chi connectivity index (χ0n) is 7.62. The highest BCUT2D eigenvalue weighted by molar-refractivity contribution is 14.1. The van der Waals surface area contributed by atoms with Crippen LogP contribution in [0.3, 0.4) is 0 Å². The lowest BCUT2D eigenvalue weighted by atomic mass is 10.2. The zero-order chi connectivity index (χ0) is 10.6. The third-order valence-electron chi connectivity index (χ3n) is 1.47. The van der Waals surface area contributed by atoms with Crippen molar-refractivity contribution in [3.8, 4) is 0 Å². The lowest BCUT2D eigenvalue weighted by molar-refractivity contribution is -0.120. The fraction of sp³-hybridized carbons (Fsp3) is 0.200. The number of halogens is 1. The van der Waals surface area contributed by atoms with E-state index in [0.29, 0.717) is 5.56 Å². The first kappa shape index (κ1) is 11.2. The number of carbonyl (C=O) groups excluding carboxylic acids is 2. The highest BCUT2D eigenvalue weighted by Crippen LogP contribution is 2.08. The number of hydrogen-bond donors (Lipinski definition) is 0.